The van der Waals surface area contributed by atoms with Gasteiger partial charge in [0.05, 0.1) is 0 Å². The predicted molar refractivity (Wildman–Crippen MR) is 143 cm³/mol. The van der Waals surface area contributed by atoms with Crippen LogP contribution in [0.15, 0.2) is 36.4 Å². The fraction of sp³-hybridized carbons (Fsp3) is 0.613. The highest BCUT2D eigenvalue weighted by atomic mass is 16.5. The third-order valence-corrected chi connectivity index (χ3v) is 5.76. The van der Waals surface area contributed by atoms with Crippen LogP contribution in [0.3, 0.4) is 0 Å². The number of hydrogen-bond donors (Lipinski definition) is 0. The zero-order chi connectivity index (χ0) is 25.6. The minimum absolute atomic E-state index is 0.0399. The smallest absolute Gasteiger partial charge is 0.124 e. The zero-order valence-corrected chi connectivity index (χ0v) is 23.8. The van der Waals surface area contributed by atoms with Crippen LogP contribution in [0.4, 0.5) is 0 Å². The average Bonchev–Trinajstić information content (AvgIpc) is 2.57. The van der Waals surface area contributed by atoms with E-state index < -0.39 is 0 Å². The van der Waals surface area contributed by atoms with Crippen LogP contribution in [0.1, 0.15) is 119 Å². The van der Waals surface area contributed by atoms with E-state index in [1.807, 2.05) is 0 Å². The standard InChI is InChI=1S/C31H48O2/c1-27(2,3)25-23(19-20-24(33-30(10,11)12)26(25)28(4,5)6)31(13,14)21-15-17-22(18-16-21)32-29(7,8)9/h15-20H,1-14H3. The van der Waals surface area contributed by atoms with Crippen LogP contribution in [0.5, 0.6) is 11.5 Å². The first-order valence-corrected chi connectivity index (χ1v) is 12.3. The van der Waals surface area contributed by atoms with Gasteiger partial charge >= 0.3 is 0 Å². The highest BCUT2D eigenvalue weighted by Gasteiger charge is 2.37. The van der Waals surface area contributed by atoms with Crippen molar-refractivity contribution < 1.29 is 9.47 Å². The molecule has 184 valence electrons. The number of hydrogen-bond acceptors (Lipinski definition) is 2. The molecule has 0 fully saturated rings. The number of rotatable bonds is 4. The lowest BCUT2D eigenvalue weighted by atomic mass is 9.66. The molecule has 0 saturated carbocycles. The quantitative estimate of drug-likeness (QED) is 0.461. The van der Waals surface area contributed by atoms with Crippen LogP contribution in [-0.2, 0) is 16.2 Å². The highest BCUT2D eigenvalue weighted by molar-refractivity contribution is 5.56. The second kappa shape index (κ2) is 8.67. The molecule has 2 nitrogen and oxygen atoms in total. The van der Waals surface area contributed by atoms with Crippen LogP contribution in [0.2, 0.25) is 0 Å². The van der Waals surface area contributed by atoms with Crippen molar-refractivity contribution in [1.29, 1.82) is 0 Å². The Morgan fingerprint density at radius 3 is 1.33 bits per heavy atom. The van der Waals surface area contributed by atoms with Gasteiger partial charge in [-0.3, -0.25) is 0 Å². The molecule has 0 heterocycles. The number of benzene rings is 2. The molecule has 2 aromatic carbocycles. The van der Waals surface area contributed by atoms with Crippen molar-refractivity contribution >= 4 is 0 Å². The summed E-state index contributed by atoms with van der Waals surface area (Å²) in [6, 6.07) is 13.1. The molecule has 0 aliphatic rings. The van der Waals surface area contributed by atoms with Crippen LogP contribution in [0, 0.1) is 0 Å². The van der Waals surface area contributed by atoms with Crippen molar-refractivity contribution in [2.75, 3.05) is 0 Å². The van der Waals surface area contributed by atoms with Crippen molar-refractivity contribution in [3.8, 4) is 11.5 Å². The molecule has 0 aromatic heterocycles. The Kier molecular flexibility index (Phi) is 7.17. The maximum Gasteiger partial charge on any atom is 0.124 e. The van der Waals surface area contributed by atoms with E-state index in [2.05, 4.69) is 133 Å². The Morgan fingerprint density at radius 1 is 0.485 bits per heavy atom. The molecule has 0 aliphatic heterocycles. The molecule has 0 atom stereocenters. The van der Waals surface area contributed by atoms with Crippen molar-refractivity contribution in [1.82, 2.24) is 0 Å². The van der Waals surface area contributed by atoms with Crippen LogP contribution in [0.25, 0.3) is 0 Å². The SMILES string of the molecule is CC(C)(C)Oc1ccc(C(C)(C)c2ccc(OC(C)(C)C)c(C(C)(C)C)c2C(C)(C)C)cc1. The molecule has 0 radical (unpaired) electrons. The summed E-state index contributed by atoms with van der Waals surface area (Å²) in [6.07, 6.45) is 0. The van der Waals surface area contributed by atoms with Gasteiger partial charge in [-0.1, -0.05) is 73.6 Å². The van der Waals surface area contributed by atoms with E-state index in [1.165, 1.54) is 22.3 Å². The summed E-state index contributed by atoms with van der Waals surface area (Å²) >= 11 is 0. The molecule has 0 aliphatic carbocycles. The predicted octanol–water partition coefficient (Wildman–Crippen LogP) is 8.96. The molecule has 0 bridgehead atoms. The summed E-state index contributed by atoms with van der Waals surface area (Å²) in [5.74, 6) is 1.90. The van der Waals surface area contributed by atoms with E-state index in [1.54, 1.807) is 0 Å². The van der Waals surface area contributed by atoms with Gasteiger partial charge in [-0.25, -0.2) is 0 Å². The molecule has 0 unspecified atom stereocenters. The average molecular weight is 453 g/mol. The summed E-state index contributed by atoms with van der Waals surface area (Å²) < 4.78 is 12.6. The maximum absolute atomic E-state index is 6.51. The largest absolute Gasteiger partial charge is 0.488 e. The summed E-state index contributed by atoms with van der Waals surface area (Å²) in [5.41, 5.74) is 4.59. The van der Waals surface area contributed by atoms with E-state index in [-0.39, 0.29) is 27.4 Å². The summed E-state index contributed by atoms with van der Waals surface area (Å²) in [7, 11) is 0. The van der Waals surface area contributed by atoms with E-state index >= 15 is 0 Å². The maximum atomic E-state index is 6.51. The van der Waals surface area contributed by atoms with Crippen molar-refractivity contribution in [2.45, 2.75) is 124 Å². The van der Waals surface area contributed by atoms with E-state index in [4.69, 9.17) is 9.47 Å². The molecule has 0 N–H and O–H groups in total. The Balaban J connectivity index is 2.75. The minimum atomic E-state index is -0.255. The summed E-state index contributed by atoms with van der Waals surface area (Å²) in [5, 5.41) is 0. The molecule has 0 spiro atoms. The summed E-state index contributed by atoms with van der Waals surface area (Å²) in [4.78, 5) is 0. The molecule has 33 heavy (non-hydrogen) atoms. The van der Waals surface area contributed by atoms with Gasteiger partial charge in [-0.15, -0.1) is 0 Å². The fourth-order valence-corrected chi connectivity index (χ4v) is 4.49. The van der Waals surface area contributed by atoms with Crippen molar-refractivity contribution in [3.05, 3.63) is 58.7 Å². The second-order valence-corrected chi connectivity index (χ2v) is 13.9. The van der Waals surface area contributed by atoms with Gasteiger partial charge in [0.25, 0.3) is 0 Å². The van der Waals surface area contributed by atoms with Gasteiger partial charge in [0, 0.05) is 11.0 Å². The van der Waals surface area contributed by atoms with Crippen LogP contribution in [-0.4, -0.2) is 11.2 Å². The molecular weight excluding hydrogens is 404 g/mol. The first kappa shape index (κ1) is 27.3. The normalized spacial score (nSPS) is 13.8. The Hall–Kier alpha value is -1.96. The minimum Gasteiger partial charge on any atom is -0.488 e. The molecule has 0 saturated heterocycles. The summed E-state index contributed by atoms with van der Waals surface area (Å²) in [6.45, 7) is 31.1. The Labute approximate surface area is 204 Å². The van der Waals surface area contributed by atoms with Gasteiger partial charge in [-0.2, -0.15) is 0 Å². The molecular formula is C31H48O2. The third kappa shape index (κ3) is 6.78. The molecule has 2 aromatic rings. The lowest BCUT2D eigenvalue weighted by molar-refractivity contribution is 0.127. The Morgan fingerprint density at radius 2 is 0.939 bits per heavy atom. The van der Waals surface area contributed by atoms with Crippen molar-refractivity contribution in [3.63, 3.8) is 0 Å². The topological polar surface area (TPSA) is 18.5 Å². The Bertz CT molecular complexity index is 951. The van der Waals surface area contributed by atoms with Crippen molar-refractivity contribution in [2.24, 2.45) is 0 Å². The van der Waals surface area contributed by atoms with Gasteiger partial charge < -0.3 is 9.47 Å². The lowest BCUT2D eigenvalue weighted by Gasteiger charge is -2.40. The monoisotopic (exact) mass is 452 g/mol. The zero-order valence-electron chi connectivity index (χ0n) is 23.8. The van der Waals surface area contributed by atoms with E-state index in [0.717, 1.165) is 11.5 Å². The van der Waals surface area contributed by atoms with Gasteiger partial charge in [0.15, 0.2) is 0 Å². The van der Waals surface area contributed by atoms with Gasteiger partial charge in [0.1, 0.15) is 22.7 Å². The van der Waals surface area contributed by atoms with Gasteiger partial charge in [0.2, 0.25) is 0 Å². The van der Waals surface area contributed by atoms with E-state index in [0.29, 0.717) is 0 Å². The molecule has 2 heteroatoms. The lowest BCUT2D eigenvalue weighted by Crippen LogP contribution is -2.32. The highest BCUT2D eigenvalue weighted by Crippen LogP contribution is 2.47. The third-order valence-electron chi connectivity index (χ3n) is 5.76. The molecule has 0 amide bonds. The number of ether oxygens (including phenoxy) is 2. The fourth-order valence-electron chi connectivity index (χ4n) is 4.49. The second-order valence-electron chi connectivity index (χ2n) is 13.9. The first-order chi connectivity index (χ1) is 14.6. The van der Waals surface area contributed by atoms with Crippen LogP contribution < -0.4 is 9.47 Å². The van der Waals surface area contributed by atoms with Crippen LogP contribution >= 0.6 is 0 Å². The first-order valence-electron chi connectivity index (χ1n) is 12.3. The molecule has 2 rings (SSSR count). The van der Waals surface area contributed by atoms with E-state index in [9.17, 15) is 0 Å². The van der Waals surface area contributed by atoms with Gasteiger partial charge in [-0.05, 0) is 87.3 Å².